The fourth-order valence-electron chi connectivity index (χ4n) is 7.85. The molecule has 47 heavy (non-hydrogen) atoms. The van der Waals surface area contributed by atoms with E-state index in [4.69, 9.17) is 9.41 Å². The Kier molecular flexibility index (Phi) is 5.02. The number of furan rings is 1. The number of benzene rings is 7. The minimum Gasteiger partial charge on any atom is -0.452 e. The maximum absolute atomic E-state index is 6.62. The first kappa shape index (κ1) is 25.3. The van der Waals surface area contributed by atoms with Crippen LogP contribution in [0.4, 0.5) is 5.69 Å². The maximum atomic E-state index is 6.62. The van der Waals surface area contributed by atoms with Crippen LogP contribution < -0.4 is 5.32 Å². The molecular weight excluding hydrogens is 595 g/mol. The van der Waals surface area contributed by atoms with Crippen molar-refractivity contribution in [1.82, 2.24) is 4.57 Å². The fraction of sp³-hybridized carbons (Fsp3) is 0.0238. The molecule has 3 aromatic heterocycles. The van der Waals surface area contributed by atoms with Crippen LogP contribution >= 0.6 is 11.3 Å². The molecule has 0 saturated heterocycles. The first-order valence-electron chi connectivity index (χ1n) is 15.9. The molecule has 4 nitrogen and oxygen atoms in total. The molecule has 220 valence electrons. The van der Waals surface area contributed by atoms with Gasteiger partial charge in [-0.3, -0.25) is 0 Å². The molecule has 1 aliphatic rings. The fourth-order valence-corrected chi connectivity index (χ4v) is 9.09. The number of aromatic nitrogens is 1. The lowest BCUT2D eigenvalue weighted by molar-refractivity contribution is 0.578. The van der Waals surface area contributed by atoms with E-state index in [1.165, 1.54) is 52.6 Å². The van der Waals surface area contributed by atoms with Crippen molar-refractivity contribution in [1.29, 1.82) is 0 Å². The van der Waals surface area contributed by atoms with Crippen molar-refractivity contribution in [3.05, 3.63) is 151 Å². The van der Waals surface area contributed by atoms with Gasteiger partial charge in [-0.15, -0.1) is 11.3 Å². The van der Waals surface area contributed by atoms with Gasteiger partial charge in [-0.2, -0.15) is 0 Å². The lowest BCUT2D eigenvalue weighted by Gasteiger charge is -2.26. The third kappa shape index (κ3) is 3.38. The van der Waals surface area contributed by atoms with Crippen LogP contribution in [0.5, 0.6) is 0 Å². The third-order valence-electron chi connectivity index (χ3n) is 9.81. The molecule has 0 saturated carbocycles. The van der Waals surface area contributed by atoms with E-state index in [2.05, 4.69) is 137 Å². The summed E-state index contributed by atoms with van der Waals surface area (Å²) in [5, 5.41) is 14.9. The molecule has 10 aromatic rings. The minimum atomic E-state index is -0.428. The molecule has 1 atom stereocenters. The molecule has 1 unspecified atom stereocenters. The molecule has 7 aromatic carbocycles. The normalized spacial score (nSPS) is 14.9. The van der Waals surface area contributed by atoms with Gasteiger partial charge < -0.3 is 14.3 Å². The summed E-state index contributed by atoms with van der Waals surface area (Å²) in [6.45, 7) is 0. The minimum absolute atomic E-state index is 0.428. The molecule has 4 heterocycles. The predicted octanol–water partition coefficient (Wildman–Crippen LogP) is 11.6. The molecular formula is C42H25N3OS. The summed E-state index contributed by atoms with van der Waals surface area (Å²) >= 11 is 1.88. The van der Waals surface area contributed by atoms with Crippen molar-refractivity contribution in [3.63, 3.8) is 0 Å². The predicted molar refractivity (Wildman–Crippen MR) is 198 cm³/mol. The van der Waals surface area contributed by atoms with Gasteiger partial charge in [0, 0.05) is 47.3 Å². The zero-order valence-corrected chi connectivity index (χ0v) is 25.9. The second kappa shape index (κ2) is 9.32. The molecule has 1 aliphatic heterocycles. The second-order valence-electron chi connectivity index (χ2n) is 12.3. The number of fused-ring (bicyclic) bond motifs is 14. The molecule has 11 rings (SSSR count). The summed E-state index contributed by atoms with van der Waals surface area (Å²) in [6.07, 6.45) is -0.428. The molecule has 1 N–H and O–H groups in total. The lowest BCUT2D eigenvalue weighted by atomic mass is 9.98. The van der Waals surface area contributed by atoms with Gasteiger partial charge in [-0.05, 0) is 40.4 Å². The molecule has 0 amide bonds. The Morgan fingerprint density at radius 3 is 2.17 bits per heavy atom. The SMILES string of the molecule is c1ccc2c(C3=NC(n4c5ccccc5c5c6ccccc6c6sc7ccccc7c6c54)Nc4c3oc3ccccc43)cccc2c1. The van der Waals surface area contributed by atoms with E-state index < -0.39 is 6.29 Å². The zero-order valence-electron chi connectivity index (χ0n) is 25.1. The highest BCUT2D eigenvalue weighted by Crippen LogP contribution is 2.49. The Bertz CT molecular complexity index is 2950. The molecule has 0 fully saturated rings. The van der Waals surface area contributed by atoms with Gasteiger partial charge in [-0.25, -0.2) is 4.99 Å². The quantitative estimate of drug-likeness (QED) is 0.209. The smallest absolute Gasteiger partial charge is 0.201 e. The van der Waals surface area contributed by atoms with Crippen LogP contribution in [0.1, 0.15) is 17.6 Å². The van der Waals surface area contributed by atoms with Crippen LogP contribution in [0.15, 0.2) is 149 Å². The van der Waals surface area contributed by atoms with Gasteiger partial charge in [0.15, 0.2) is 5.76 Å². The zero-order chi connectivity index (χ0) is 30.6. The van der Waals surface area contributed by atoms with E-state index in [-0.39, 0.29) is 0 Å². The van der Waals surface area contributed by atoms with Crippen LogP contribution in [-0.2, 0) is 0 Å². The van der Waals surface area contributed by atoms with Crippen molar-refractivity contribution in [2.45, 2.75) is 6.29 Å². The summed E-state index contributed by atoms with van der Waals surface area (Å²) < 4.78 is 11.7. The van der Waals surface area contributed by atoms with Crippen molar-refractivity contribution in [2.75, 3.05) is 5.32 Å². The maximum Gasteiger partial charge on any atom is 0.201 e. The summed E-state index contributed by atoms with van der Waals surface area (Å²) in [5.74, 6) is 0.774. The Morgan fingerprint density at radius 2 is 1.28 bits per heavy atom. The van der Waals surface area contributed by atoms with E-state index in [9.17, 15) is 0 Å². The van der Waals surface area contributed by atoms with Crippen molar-refractivity contribution in [3.8, 4) is 0 Å². The van der Waals surface area contributed by atoms with Crippen LogP contribution in [0.3, 0.4) is 0 Å². The van der Waals surface area contributed by atoms with E-state index >= 15 is 0 Å². The Hall–Kier alpha value is -5.91. The van der Waals surface area contributed by atoms with E-state index in [0.717, 1.165) is 44.6 Å². The Morgan fingerprint density at radius 1 is 0.596 bits per heavy atom. The molecule has 5 heteroatoms. The Balaban J connectivity index is 1.32. The summed E-state index contributed by atoms with van der Waals surface area (Å²) in [7, 11) is 0. The highest BCUT2D eigenvalue weighted by Gasteiger charge is 2.32. The summed E-state index contributed by atoms with van der Waals surface area (Å²) in [5.41, 5.74) is 6.08. The van der Waals surface area contributed by atoms with Crippen molar-refractivity contribution in [2.24, 2.45) is 4.99 Å². The Labute approximate surface area is 272 Å². The average molecular weight is 620 g/mol. The summed E-state index contributed by atoms with van der Waals surface area (Å²) in [6, 6.07) is 49.7. The van der Waals surface area contributed by atoms with Gasteiger partial charge in [0.1, 0.15) is 11.3 Å². The number of thiophene rings is 1. The van der Waals surface area contributed by atoms with Gasteiger partial charge >= 0.3 is 0 Å². The van der Waals surface area contributed by atoms with Crippen molar-refractivity contribution < 1.29 is 4.42 Å². The summed E-state index contributed by atoms with van der Waals surface area (Å²) in [4.78, 5) is 5.61. The number of para-hydroxylation sites is 2. The van der Waals surface area contributed by atoms with Crippen LogP contribution in [0.25, 0.3) is 74.5 Å². The molecule has 0 aliphatic carbocycles. The topological polar surface area (TPSA) is 42.5 Å². The number of rotatable bonds is 2. The molecule has 0 bridgehead atoms. The van der Waals surface area contributed by atoms with Crippen LogP contribution in [0.2, 0.25) is 0 Å². The highest BCUT2D eigenvalue weighted by molar-refractivity contribution is 7.27. The first-order valence-corrected chi connectivity index (χ1v) is 16.7. The number of hydrogen-bond donors (Lipinski definition) is 1. The first-order chi connectivity index (χ1) is 23.3. The van der Waals surface area contributed by atoms with Gasteiger partial charge in [0.05, 0.1) is 16.7 Å². The number of nitrogens with one attached hydrogen (secondary N) is 1. The molecule has 0 spiro atoms. The third-order valence-corrected chi connectivity index (χ3v) is 11.0. The van der Waals surface area contributed by atoms with Gasteiger partial charge in [0.25, 0.3) is 0 Å². The van der Waals surface area contributed by atoms with E-state index in [0.29, 0.717) is 0 Å². The second-order valence-corrected chi connectivity index (χ2v) is 13.3. The van der Waals surface area contributed by atoms with Gasteiger partial charge in [0.2, 0.25) is 6.29 Å². The van der Waals surface area contributed by atoms with Crippen LogP contribution in [0, 0.1) is 0 Å². The van der Waals surface area contributed by atoms with Crippen molar-refractivity contribution >= 4 is 97.2 Å². The monoisotopic (exact) mass is 619 g/mol. The lowest BCUT2D eigenvalue weighted by Crippen LogP contribution is -2.24. The largest absolute Gasteiger partial charge is 0.452 e. The number of aliphatic imine (C=N–C) groups is 1. The number of anilines is 1. The van der Waals surface area contributed by atoms with E-state index in [1.54, 1.807) is 0 Å². The van der Waals surface area contributed by atoms with E-state index in [1.807, 2.05) is 23.5 Å². The number of hydrogen-bond acceptors (Lipinski definition) is 4. The number of nitrogens with zero attached hydrogens (tertiary/aromatic N) is 2. The standard InChI is InChI=1S/C42H25N3OS/c1-2-14-25-24(12-1)13-11-20-27(25)37-40-38(30-18-6-9-22-33(30)46-40)44-42(43-37)45-32-21-8-5-17-29(32)35-26-15-3-4-16-28(26)41-36(39(35)45)31-19-7-10-23-34(31)47-41/h1-23,42,44H. The van der Waals surface area contributed by atoms with Gasteiger partial charge in [-0.1, -0.05) is 115 Å². The molecule has 0 radical (unpaired) electrons. The highest BCUT2D eigenvalue weighted by atomic mass is 32.1. The van der Waals surface area contributed by atoms with Crippen LogP contribution in [-0.4, -0.2) is 10.3 Å². The average Bonchev–Trinajstić information content (AvgIpc) is 3.81.